The highest BCUT2D eigenvalue weighted by Gasteiger charge is 2.07. The normalized spacial score (nSPS) is 10.3. The molecule has 0 heterocycles. The third kappa shape index (κ3) is 4.63. The SMILES string of the molecule is Cc1cc(Br)ccc1NCC(=O)Nc1cc(Cl)ccc1Cl. The number of hydrogen-bond donors (Lipinski definition) is 2. The summed E-state index contributed by atoms with van der Waals surface area (Å²) in [6.07, 6.45) is 0. The van der Waals surface area contributed by atoms with Crippen molar-refractivity contribution in [3.8, 4) is 0 Å². The molecule has 2 aromatic carbocycles. The van der Waals surface area contributed by atoms with Gasteiger partial charge in [0, 0.05) is 15.2 Å². The van der Waals surface area contributed by atoms with Crippen molar-refractivity contribution in [1.82, 2.24) is 0 Å². The Balaban J connectivity index is 1.97. The van der Waals surface area contributed by atoms with Gasteiger partial charge in [0.05, 0.1) is 17.3 Å². The number of carbonyl (C=O) groups is 1. The molecule has 0 atom stereocenters. The Morgan fingerprint density at radius 1 is 1.14 bits per heavy atom. The molecule has 0 aliphatic heterocycles. The molecule has 0 radical (unpaired) electrons. The lowest BCUT2D eigenvalue weighted by Crippen LogP contribution is -2.22. The Bertz CT molecular complexity index is 677. The van der Waals surface area contributed by atoms with Crippen LogP contribution < -0.4 is 10.6 Å². The van der Waals surface area contributed by atoms with E-state index in [0.717, 1.165) is 15.7 Å². The van der Waals surface area contributed by atoms with Crippen LogP contribution in [0.4, 0.5) is 11.4 Å². The van der Waals surface area contributed by atoms with Crippen LogP contribution in [0.25, 0.3) is 0 Å². The van der Waals surface area contributed by atoms with Crippen molar-refractivity contribution in [3.63, 3.8) is 0 Å². The molecule has 0 saturated heterocycles. The lowest BCUT2D eigenvalue weighted by Gasteiger charge is -2.11. The second-order valence-corrected chi connectivity index (χ2v) is 6.24. The van der Waals surface area contributed by atoms with Crippen LogP contribution in [-0.4, -0.2) is 12.5 Å². The van der Waals surface area contributed by atoms with E-state index in [1.54, 1.807) is 18.2 Å². The van der Waals surface area contributed by atoms with E-state index in [4.69, 9.17) is 23.2 Å². The molecule has 3 nitrogen and oxygen atoms in total. The molecule has 0 bridgehead atoms. The van der Waals surface area contributed by atoms with Crippen LogP contribution in [0.5, 0.6) is 0 Å². The van der Waals surface area contributed by atoms with Gasteiger partial charge < -0.3 is 10.6 Å². The van der Waals surface area contributed by atoms with Crippen LogP contribution >= 0.6 is 39.1 Å². The third-order valence-corrected chi connectivity index (χ3v) is 3.89. The van der Waals surface area contributed by atoms with E-state index in [2.05, 4.69) is 26.6 Å². The molecule has 2 aromatic rings. The number of aryl methyl sites for hydroxylation is 1. The summed E-state index contributed by atoms with van der Waals surface area (Å²) in [6, 6.07) is 10.7. The summed E-state index contributed by atoms with van der Waals surface area (Å²) in [5.41, 5.74) is 2.46. The van der Waals surface area contributed by atoms with E-state index < -0.39 is 0 Å². The molecule has 6 heteroatoms. The zero-order chi connectivity index (χ0) is 15.4. The lowest BCUT2D eigenvalue weighted by atomic mass is 10.2. The van der Waals surface area contributed by atoms with E-state index in [0.29, 0.717) is 15.7 Å². The topological polar surface area (TPSA) is 41.1 Å². The van der Waals surface area contributed by atoms with Gasteiger partial charge in [-0.1, -0.05) is 39.1 Å². The van der Waals surface area contributed by atoms with Crippen molar-refractivity contribution in [1.29, 1.82) is 0 Å². The number of rotatable bonds is 4. The first-order valence-electron chi connectivity index (χ1n) is 6.20. The summed E-state index contributed by atoms with van der Waals surface area (Å²) < 4.78 is 1.00. The number of benzene rings is 2. The molecule has 0 saturated carbocycles. The maximum atomic E-state index is 11.9. The van der Waals surface area contributed by atoms with E-state index in [1.165, 1.54) is 0 Å². The maximum Gasteiger partial charge on any atom is 0.243 e. The average molecular weight is 388 g/mol. The fourth-order valence-electron chi connectivity index (χ4n) is 1.79. The molecular weight excluding hydrogens is 375 g/mol. The number of halogens is 3. The number of nitrogens with one attached hydrogen (secondary N) is 2. The van der Waals surface area contributed by atoms with Gasteiger partial charge in [-0.3, -0.25) is 4.79 Å². The largest absolute Gasteiger partial charge is 0.376 e. The second kappa shape index (κ2) is 7.16. The van der Waals surface area contributed by atoms with Crippen molar-refractivity contribution in [2.75, 3.05) is 17.2 Å². The minimum Gasteiger partial charge on any atom is -0.376 e. The summed E-state index contributed by atoms with van der Waals surface area (Å²) in [7, 11) is 0. The van der Waals surface area contributed by atoms with Gasteiger partial charge in [-0.25, -0.2) is 0 Å². The molecule has 21 heavy (non-hydrogen) atoms. The van der Waals surface area contributed by atoms with Gasteiger partial charge in [-0.15, -0.1) is 0 Å². The average Bonchev–Trinajstić information content (AvgIpc) is 2.42. The Morgan fingerprint density at radius 3 is 2.62 bits per heavy atom. The molecule has 0 fully saturated rings. The van der Waals surface area contributed by atoms with Crippen LogP contribution in [0.3, 0.4) is 0 Å². The van der Waals surface area contributed by atoms with Gasteiger partial charge in [-0.05, 0) is 48.9 Å². The van der Waals surface area contributed by atoms with Crippen LogP contribution in [0.1, 0.15) is 5.56 Å². The summed E-state index contributed by atoms with van der Waals surface area (Å²) in [6.45, 7) is 2.12. The first-order chi connectivity index (χ1) is 9.95. The minimum atomic E-state index is -0.193. The van der Waals surface area contributed by atoms with Crippen molar-refractivity contribution < 1.29 is 4.79 Å². The predicted octanol–water partition coefficient (Wildman–Crippen LogP) is 5.11. The smallest absolute Gasteiger partial charge is 0.243 e. The molecule has 1 amide bonds. The molecule has 110 valence electrons. The van der Waals surface area contributed by atoms with Crippen LogP contribution in [0.15, 0.2) is 40.9 Å². The van der Waals surface area contributed by atoms with Crippen LogP contribution in [-0.2, 0) is 4.79 Å². The van der Waals surface area contributed by atoms with Crippen molar-refractivity contribution in [2.45, 2.75) is 6.92 Å². The predicted molar refractivity (Wildman–Crippen MR) is 92.5 cm³/mol. The van der Waals surface area contributed by atoms with E-state index in [1.807, 2.05) is 25.1 Å². The van der Waals surface area contributed by atoms with Gasteiger partial charge in [0.2, 0.25) is 5.91 Å². The molecule has 0 aliphatic rings. The molecule has 2 N–H and O–H groups in total. The monoisotopic (exact) mass is 386 g/mol. The lowest BCUT2D eigenvalue weighted by molar-refractivity contribution is -0.114. The zero-order valence-electron chi connectivity index (χ0n) is 11.2. The highest BCUT2D eigenvalue weighted by molar-refractivity contribution is 9.10. The summed E-state index contributed by atoms with van der Waals surface area (Å²) >= 11 is 15.3. The summed E-state index contributed by atoms with van der Waals surface area (Å²) in [5.74, 6) is -0.193. The fourth-order valence-corrected chi connectivity index (χ4v) is 2.60. The maximum absolute atomic E-state index is 11.9. The molecule has 0 aromatic heterocycles. The standard InChI is InChI=1S/C15H13BrCl2N2O/c1-9-6-10(16)2-5-13(9)19-8-15(21)20-14-7-11(17)3-4-12(14)18/h2-7,19H,8H2,1H3,(H,20,21). The Labute approximate surface area is 141 Å². The van der Waals surface area contributed by atoms with Crippen molar-refractivity contribution >= 4 is 56.4 Å². The molecule has 0 spiro atoms. The Morgan fingerprint density at radius 2 is 1.90 bits per heavy atom. The quantitative estimate of drug-likeness (QED) is 0.764. The summed E-state index contributed by atoms with van der Waals surface area (Å²) in [5, 5.41) is 6.78. The number of carbonyl (C=O) groups excluding carboxylic acids is 1. The highest BCUT2D eigenvalue weighted by atomic mass is 79.9. The fraction of sp³-hybridized carbons (Fsp3) is 0.133. The zero-order valence-corrected chi connectivity index (χ0v) is 14.3. The third-order valence-electron chi connectivity index (χ3n) is 2.83. The molecule has 2 rings (SSSR count). The van der Waals surface area contributed by atoms with Gasteiger partial charge in [0.25, 0.3) is 0 Å². The van der Waals surface area contributed by atoms with E-state index >= 15 is 0 Å². The van der Waals surface area contributed by atoms with Crippen LogP contribution in [0, 0.1) is 6.92 Å². The van der Waals surface area contributed by atoms with E-state index in [-0.39, 0.29) is 12.5 Å². The van der Waals surface area contributed by atoms with Gasteiger partial charge in [0.15, 0.2) is 0 Å². The van der Waals surface area contributed by atoms with E-state index in [9.17, 15) is 4.79 Å². The Hall–Kier alpha value is -1.23. The number of amides is 1. The molecule has 0 aliphatic carbocycles. The first-order valence-corrected chi connectivity index (χ1v) is 7.75. The van der Waals surface area contributed by atoms with Crippen molar-refractivity contribution in [3.05, 3.63) is 56.5 Å². The summed E-state index contributed by atoms with van der Waals surface area (Å²) in [4.78, 5) is 11.9. The highest BCUT2D eigenvalue weighted by Crippen LogP contribution is 2.25. The second-order valence-electron chi connectivity index (χ2n) is 4.49. The molecule has 0 unspecified atom stereocenters. The van der Waals surface area contributed by atoms with Gasteiger partial charge in [-0.2, -0.15) is 0 Å². The molecular formula is C15H13BrCl2N2O. The minimum absolute atomic E-state index is 0.144. The van der Waals surface area contributed by atoms with Gasteiger partial charge >= 0.3 is 0 Å². The number of anilines is 2. The van der Waals surface area contributed by atoms with Crippen LogP contribution in [0.2, 0.25) is 10.0 Å². The van der Waals surface area contributed by atoms with Gasteiger partial charge in [0.1, 0.15) is 0 Å². The van der Waals surface area contributed by atoms with Crippen molar-refractivity contribution in [2.24, 2.45) is 0 Å². The number of hydrogen-bond acceptors (Lipinski definition) is 2. The Kier molecular flexibility index (Phi) is 5.51. The first kappa shape index (κ1) is 16.1.